The summed E-state index contributed by atoms with van der Waals surface area (Å²) in [4.78, 5) is 2.38. The van der Waals surface area contributed by atoms with Crippen LogP contribution in [0.1, 0.15) is 18.4 Å². The zero-order valence-corrected chi connectivity index (χ0v) is 10.7. The highest BCUT2D eigenvalue weighted by Gasteiger charge is 2.19. The van der Waals surface area contributed by atoms with Crippen molar-refractivity contribution in [2.45, 2.75) is 25.8 Å². The minimum Gasteiger partial charge on any atom is -0.369 e. The van der Waals surface area contributed by atoms with Gasteiger partial charge in [-0.2, -0.15) is 0 Å². The van der Waals surface area contributed by atoms with E-state index in [1.807, 2.05) is 13.1 Å². The number of halogens is 1. The standard InChI is InChI=1S/C13H19ClN2/c1-10-5-6-13(12(14)8-10)16-7-3-4-11(9-16)15-2/h5-6,8,11,15H,3-4,7,9H2,1-2H3. The van der Waals surface area contributed by atoms with E-state index in [9.17, 15) is 0 Å². The third kappa shape index (κ3) is 2.50. The molecule has 1 aromatic carbocycles. The van der Waals surface area contributed by atoms with Gasteiger partial charge in [0.05, 0.1) is 10.7 Å². The lowest BCUT2D eigenvalue weighted by Crippen LogP contribution is -2.44. The third-order valence-electron chi connectivity index (χ3n) is 3.27. The number of likely N-dealkylation sites (N-methyl/N-ethyl adjacent to an activating group) is 1. The number of rotatable bonds is 2. The van der Waals surface area contributed by atoms with Crippen molar-refractivity contribution in [1.29, 1.82) is 0 Å². The highest BCUT2D eigenvalue weighted by molar-refractivity contribution is 6.33. The van der Waals surface area contributed by atoms with Gasteiger partial charge in [0.25, 0.3) is 0 Å². The molecule has 0 bridgehead atoms. The van der Waals surface area contributed by atoms with Gasteiger partial charge >= 0.3 is 0 Å². The minimum atomic E-state index is 0.589. The zero-order valence-electron chi connectivity index (χ0n) is 9.96. The van der Waals surface area contributed by atoms with Gasteiger partial charge in [-0.3, -0.25) is 0 Å². The van der Waals surface area contributed by atoms with Crippen LogP contribution in [-0.4, -0.2) is 26.2 Å². The van der Waals surface area contributed by atoms with E-state index in [4.69, 9.17) is 11.6 Å². The molecule has 1 atom stereocenters. The summed E-state index contributed by atoms with van der Waals surface area (Å²) in [6.07, 6.45) is 2.49. The SMILES string of the molecule is CNC1CCCN(c2ccc(C)cc2Cl)C1. The summed E-state index contributed by atoms with van der Waals surface area (Å²) in [5, 5.41) is 4.22. The quantitative estimate of drug-likeness (QED) is 0.853. The van der Waals surface area contributed by atoms with Gasteiger partial charge in [0.15, 0.2) is 0 Å². The molecule has 0 spiro atoms. The first kappa shape index (κ1) is 11.7. The fourth-order valence-corrected chi connectivity index (χ4v) is 2.65. The maximum Gasteiger partial charge on any atom is 0.0642 e. The van der Waals surface area contributed by atoms with Crippen LogP contribution >= 0.6 is 11.6 Å². The molecule has 0 saturated carbocycles. The van der Waals surface area contributed by atoms with Crippen LogP contribution in [0.3, 0.4) is 0 Å². The topological polar surface area (TPSA) is 15.3 Å². The maximum absolute atomic E-state index is 6.29. The molecular weight excluding hydrogens is 220 g/mol. The van der Waals surface area contributed by atoms with Crippen molar-refractivity contribution >= 4 is 17.3 Å². The maximum atomic E-state index is 6.29. The van der Waals surface area contributed by atoms with Gasteiger partial charge in [-0.05, 0) is 44.5 Å². The van der Waals surface area contributed by atoms with Gasteiger partial charge < -0.3 is 10.2 Å². The van der Waals surface area contributed by atoms with Crippen molar-refractivity contribution in [2.75, 3.05) is 25.0 Å². The Morgan fingerprint density at radius 1 is 1.44 bits per heavy atom. The van der Waals surface area contributed by atoms with E-state index in [0.29, 0.717) is 6.04 Å². The molecule has 1 aliphatic rings. The molecule has 0 amide bonds. The van der Waals surface area contributed by atoms with E-state index in [1.54, 1.807) is 0 Å². The van der Waals surface area contributed by atoms with E-state index >= 15 is 0 Å². The first-order valence-corrected chi connectivity index (χ1v) is 6.27. The number of anilines is 1. The van der Waals surface area contributed by atoms with Gasteiger partial charge in [-0.15, -0.1) is 0 Å². The summed E-state index contributed by atoms with van der Waals surface area (Å²) in [7, 11) is 2.03. The van der Waals surface area contributed by atoms with Gasteiger partial charge in [0.1, 0.15) is 0 Å². The highest BCUT2D eigenvalue weighted by atomic mass is 35.5. The summed E-state index contributed by atoms with van der Waals surface area (Å²) in [5.41, 5.74) is 2.39. The second-order valence-electron chi connectivity index (χ2n) is 4.53. The molecule has 1 saturated heterocycles. The first-order valence-electron chi connectivity index (χ1n) is 5.89. The van der Waals surface area contributed by atoms with E-state index in [0.717, 1.165) is 18.1 Å². The molecular formula is C13H19ClN2. The summed E-state index contributed by atoms with van der Waals surface area (Å²) in [5.74, 6) is 0. The highest BCUT2D eigenvalue weighted by Crippen LogP contribution is 2.28. The van der Waals surface area contributed by atoms with Crippen molar-refractivity contribution in [3.63, 3.8) is 0 Å². The largest absolute Gasteiger partial charge is 0.369 e. The van der Waals surface area contributed by atoms with Crippen LogP contribution < -0.4 is 10.2 Å². The number of hydrogen-bond acceptors (Lipinski definition) is 2. The molecule has 1 aliphatic heterocycles. The monoisotopic (exact) mass is 238 g/mol. The molecule has 0 aromatic heterocycles. The molecule has 1 unspecified atom stereocenters. The summed E-state index contributed by atoms with van der Waals surface area (Å²) in [6, 6.07) is 6.89. The Balaban J connectivity index is 2.16. The predicted molar refractivity (Wildman–Crippen MR) is 70.5 cm³/mol. The second kappa shape index (κ2) is 5.07. The van der Waals surface area contributed by atoms with E-state index in [-0.39, 0.29) is 0 Å². The fraction of sp³-hybridized carbons (Fsp3) is 0.538. The number of aryl methyl sites for hydroxylation is 1. The number of piperidine rings is 1. The Kier molecular flexibility index (Phi) is 3.72. The molecule has 2 nitrogen and oxygen atoms in total. The van der Waals surface area contributed by atoms with Crippen LogP contribution in [-0.2, 0) is 0 Å². The average molecular weight is 239 g/mol. The average Bonchev–Trinajstić information content (AvgIpc) is 2.29. The number of benzene rings is 1. The summed E-state index contributed by atoms with van der Waals surface area (Å²) < 4.78 is 0. The third-order valence-corrected chi connectivity index (χ3v) is 3.58. The van der Waals surface area contributed by atoms with Gasteiger partial charge in [-0.25, -0.2) is 0 Å². The summed E-state index contributed by atoms with van der Waals surface area (Å²) >= 11 is 6.29. The smallest absolute Gasteiger partial charge is 0.0642 e. The first-order chi connectivity index (χ1) is 7.70. The van der Waals surface area contributed by atoms with Crippen molar-refractivity contribution < 1.29 is 0 Å². The van der Waals surface area contributed by atoms with E-state index in [2.05, 4.69) is 29.3 Å². The van der Waals surface area contributed by atoms with E-state index in [1.165, 1.54) is 24.1 Å². The predicted octanol–water partition coefficient (Wildman–Crippen LogP) is 2.84. The second-order valence-corrected chi connectivity index (χ2v) is 4.94. The zero-order chi connectivity index (χ0) is 11.5. The van der Waals surface area contributed by atoms with Crippen molar-refractivity contribution in [2.24, 2.45) is 0 Å². The van der Waals surface area contributed by atoms with Gasteiger partial charge in [0.2, 0.25) is 0 Å². The molecule has 1 fully saturated rings. The fourth-order valence-electron chi connectivity index (χ4n) is 2.30. The normalized spacial score (nSPS) is 21.2. The van der Waals surface area contributed by atoms with Crippen molar-refractivity contribution in [1.82, 2.24) is 5.32 Å². The van der Waals surface area contributed by atoms with Crippen molar-refractivity contribution in [3.8, 4) is 0 Å². The van der Waals surface area contributed by atoms with Crippen LogP contribution in [0.25, 0.3) is 0 Å². The molecule has 1 heterocycles. The van der Waals surface area contributed by atoms with E-state index < -0.39 is 0 Å². The van der Waals surface area contributed by atoms with Crippen LogP contribution in [0.15, 0.2) is 18.2 Å². The molecule has 3 heteroatoms. The Morgan fingerprint density at radius 3 is 2.94 bits per heavy atom. The van der Waals surface area contributed by atoms with Crippen LogP contribution in [0, 0.1) is 6.92 Å². The molecule has 2 rings (SSSR count). The van der Waals surface area contributed by atoms with Gasteiger partial charge in [0, 0.05) is 19.1 Å². The molecule has 1 N–H and O–H groups in total. The number of hydrogen-bond donors (Lipinski definition) is 1. The van der Waals surface area contributed by atoms with Crippen molar-refractivity contribution in [3.05, 3.63) is 28.8 Å². The van der Waals surface area contributed by atoms with Crippen LogP contribution in [0.5, 0.6) is 0 Å². The minimum absolute atomic E-state index is 0.589. The molecule has 16 heavy (non-hydrogen) atoms. The molecule has 0 aliphatic carbocycles. The Labute approximate surface area is 103 Å². The number of nitrogens with zero attached hydrogens (tertiary/aromatic N) is 1. The lowest BCUT2D eigenvalue weighted by Gasteiger charge is -2.34. The Bertz CT molecular complexity index is 365. The van der Waals surface area contributed by atoms with Crippen LogP contribution in [0.2, 0.25) is 5.02 Å². The molecule has 0 radical (unpaired) electrons. The molecule has 88 valence electrons. The van der Waals surface area contributed by atoms with Gasteiger partial charge in [-0.1, -0.05) is 17.7 Å². The summed E-state index contributed by atoms with van der Waals surface area (Å²) in [6.45, 7) is 4.24. The molecule has 1 aromatic rings. The van der Waals surface area contributed by atoms with Crippen LogP contribution in [0.4, 0.5) is 5.69 Å². The Hall–Kier alpha value is -0.730. The Morgan fingerprint density at radius 2 is 2.25 bits per heavy atom. The lowest BCUT2D eigenvalue weighted by molar-refractivity contribution is 0.449. The lowest BCUT2D eigenvalue weighted by atomic mass is 10.0. The number of nitrogens with one attached hydrogen (secondary N) is 1.